The number of likely N-dealkylation sites (tertiary alicyclic amines) is 1. The summed E-state index contributed by atoms with van der Waals surface area (Å²) in [6.07, 6.45) is 8.06. The lowest BCUT2D eigenvalue weighted by Crippen LogP contribution is -2.34. The molecule has 1 aromatic heterocycles. The molecule has 130 valence electrons. The fraction of sp³-hybridized carbons (Fsp3) is 0.550. The first-order chi connectivity index (χ1) is 11.7. The number of piperidine rings is 1. The largest absolute Gasteiger partial charge is 0.320 e. The number of nitrogens with one attached hydrogen (secondary N) is 1. The van der Waals surface area contributed by atoms with Crippen LogP contribution in [0.3, 0.4) is 0 Å². The first-order valence-electron chi connectivity index (χ1n) is 9.11. The van der Waals surface area contributed by atoms with E-state index in [-0.39, 0.29) is 0 Å². The van der Waals surface area contributed by atoms with Crippen LogP contribution in [-0.4, -0.2) is 41.4 Å². The van der Waals surface area contributed by atoms with Crippen molar-refractivity contribution in [1.29, 1.82) is 0 Å². The molecule has 1 aliphatic rings. The molecule has 0 atom stereocenters. The summed E-state index contributed by atoms with van der Waals surface area (Å²) in [4.78, 5) is 2.61. The van der Waals surface area contributed by atoms with E-state index in [1.54, 1.807) is 0 Å². The van der Waals surface area contributed by atoms with Crippen LogP contribution in [0.5, 0.6) is 0 Å². The second-order valence-corrected chi connectivity index (χ2v) is 7.18. The molecule has 1 fully saturated rings. The van der Waals surface area contributed by atoms with Gasteiger partial charge in [0.2, 0.25) is 0 Å². The Morgan fingerprint density at radius 2 is 2.04 bits per heavy atom. The van der Waals surface area contributed by atoms with Crippen LogP contribution < -0.4 is 5.32 Å². The van der Waals surface area contributed by atoms with Crippen molar-refractivity contribution in [3.63, 3.8) is 0 Å². The molecule has 1 saturated heterocycles. The normalized spacial score (nSPS) is 16.6. The number of rotatable bonds is 6. The van der Waals surface area contributed by atoms with Crippen molar-refractivity contribution >= 4 is 0 Å². The van der Waals surface area contributed by atoms with Gasteiger partial charge in [-0.05, 0) is 69.9 Å². The average molecular weight is 326 g/mol. The van der Waals surface area contributed by atoms with Crippen LogP contribution in [0.25, 0.3) is 11.1 Å². The Kier molecular flexibility index (Phi) is 5.69. The van der Waals surface area contributed by atoms with Crippen molar-refractivity contribution in [1.82, 2.24) is 20.0 Å². The molecule has 0 spiro atoms. The smallest absolute Gasteiger partial charge is 0.0568 e. The molecule has 4 nitrogen and oxygen atoms in total. The van der Waals surface area contributed by atoms with Crippen LogP contribution in [-0.2, 0) is 13.6 Å². The van der Waals surface area contributed by atoms with E-state index >= 15 is 0 Å². The highest BCUT2D eigenvalue weighted by Gasteiger charge is 2.20. The Bertz CT molecular complexity index is 653. The van der Waals surface area contributed by atoms with Crippen molar-refractivity contribution in [2.75, 3.05) is 26.7 Å². The van der Waals surface area contributed by atoms with E-state index in [2.05, 4.69) is 46.6 Å². The highest BCUT2D eigenvalue weighted by molar-refractivity contribution is 5.66. The van der Waals surface area contributed by atoms with Gasteiger partial charge in [-0.1, -0.05) is 23.8 Å². The number of hydrogen-bond acceptors (Lipinski definition) is 3. The molecule has 0 aliphatic carbocycles. The first kappa shape index (κ1) is 17.2. The highest BCUT2D eigenvalue weighted by Crippen LogP contribution is 2.28. The molecule has 2 aromatic rings. The molecule has 24 heavy (non-hydrogen) atoms. The topological polar surface area (TPSA) is 33.1 Å². The first-order valence-corrected chi connectivity index (χ1v) is 9.11. The van der Waals surface area contributed by atoms with Crippen LogP contribution in [0.15, 0.2) is 30.6 Å². The van der Waals surface area contributed by atoms with Crippen molar-refractivity contribution in [3.05, 3.63) is 41.7 Å². The zero-order chi connectivity index (χ0) is 16.9. The van der Waals surface area contributed by atoms with Gasteiger partial charge in [-0.15, -0.1) is 0 Å². The number of nitrogens with zero attached hydrogens (tertiary/aromatic N) is 3. The molecule has 0 amide bonds. The van der Waals surface area contributed by atoms with Crippen molar-refractivity contribution in [3.8, 4) is 11.1 Å². The molecular weight excluding hydrogens is 296 g/mol. The summed E-state index contributed by atoms with van der Waals surface area (Å²) in [6.45, 7) is 6.79. The van der Waals surface area contributed by atoms with E-state index in [1.165, 1.54) is 54.6 Å². The molecular formula is C20H30N4. The third kappa shape index (κ3) is 4.25. The lowest BCUT2D eigenvalue weighted by Gasteiger charge is -2.32. The monoisotopic (exact) mass is 326 g/mol. The quantitative estimate of drug-likeness (QED) is 0.885. The standard InChI is InChI=1S/C20H30N4/c1-16-4-5-18(20(12-16)19-13-22-23(3)14-19)15-24-10-7-17(8-11-24)6-9-21-2/h4-5,12-14,17,21H,6-11,15H2,1-3H3. The van der Waals surface area contributed by atoms with Crippen LogP contribution >= 0.6 is 0 Å². The molecule has 1 N–H and O–H groups in total. The van der Waals surface area contributed by atoms with Gasteiger partial charge in [0.25, 0.3) is 0 Å². The molecule has 0 radical (unpaired) electrons. The number of aryl methyl sites for hydroxylation is 2. The van der Waals surface area contributed by atoms with Crippen LogP contribution in [0.1, 0.15) is 30.4 Å². The minimum absolute atomic E-state index is 0.893. The Hall–Kier alpha value is -1.65. The van der Waals surface area contributed by atoms with Gasteiger partial charge in [0.1, 0.15) is 0 Å². The van der Waals surface area contributed by atoms with E-state index in [0.29, 0.717) is 0 Å². The third-order valence-corrected chi connectivity index (χ3v) is 5.18. The summed E-state index contributed by atoms with van der Waals surface area (Å²) < 4.78 is 1.88. The molecule has 3 rings (SSSR count). The summed E-state index contributed by atoms with van der Waals surface area (Å²) >= 11 is 0. The van der Waals surface area contributed by atoms with Gasteiger partial charge in [0.15, 0.2) is 0 Å². The minimum atomic E-state index is 0.893. The minimum Gasteiger partial charge on any atom is -0.320 e. The zero-order valence-electron chi connectivity index (χ0n) is 15.3. The molecule has 0 bridgehead atoms. The second kappa shape index (κ2) is 7.95. The number of aromatic nitrogens is 2. The number of benzene rings is 1. The summed E-state index contributed by atoms with van der Waals surface area (Å²) in [6, 6.07) is 6.83. The second-order valence-electron chi connectivity index (χ2n) is 7.18. The van der Waals surface area contributed by atoms with Crippen LogP contribution in [0.2, 0.25) is 0 Å². The fourth-order valence-corrected chi connectivity index (χ4v) is 3.68. The van der Waals surface area contributed by atoms with Gasteiger partial charge in [-0.25, -0.2) is 0 Å². The molecule has 4 heteroatoms. The van der Waals surface area contributed by atoms with Gasteiger partial charge in [0.05, 0.1) is 6.20 Å². The van der Waals surface area contributed by atoms with Crippen LogP contribution in [0, 0.1) is 12.8 Å². The van der Waals surface area contributed by atoms with Gasteiger partial charge < -0.3 is 5.32 Å². The van der Waals surface area contributed by atoms with E-state index in [9.17, 15) is 0 Å². The van der Waals surface area contributed by atoms with Crippen molar-refractivity contribution in [2.24, 2.45) is 13.0 Å². The third-order valence-electron chi connectivity index (χ3n) is 5.18. The highest BCUT2D eigenvalue weighted by atomic mass is 15.2. The number of hydrogen-bond donors (Lipinski definition) is 1. The Morgan fingerprint density at radius 3 is 2.71 bits per heavy atom. The molecule has 0 saturated carbocycles. The average Bonchev–Trinajstić information content (AvgIpc) is 3.02. The van der Waals surface area contributed by atoms with Gasteiger partial charge in [-0.3, -0.25) is 9.58 Å². The van der Waals surface area contributed by atoms with Crippen LogP contribution in [0.4, 0.5) is 0 Å². The van der Waals surface area contributed by atoms with E-state index in [1.807, 2.05) is 25.0 Å². The maximum absolute atomic E-state index is 4.35. The van der Waals surface area contributed by atoms with E-state index in [4.69, 9.17) is 0 Å². The lowest BCUT2D eigenvalue weighted by molar-refractivity contribution is 0.172. The molecule has 0 unspecified atom stereocenters. The zero-order valence-corrected chi connectivity index (χ0v) is 15.3. The summed E-state index contributed by atoms with van der Waals surface area (Å²) in [7, 11) is 4.03. The summed E-state index contributed by atoms with van der Waals surface area (Å²) in [5, 5.41) is 7.62. The molecule has 1 aromatic carbocycles. The molecule has 2 heterocycles. The maximum atomic E-state index is 4.35. The lowest BCUT2D eigenvalue weighted by atomic mass is 9.92. The SMILES string of the molecule is CNCCC1CCN(Cc2ccc(C)cc2-c2cnn(C)c2)CC1. The Balaban J connectivity index is 1.68. The Labute approximate surface area is 145 Å². The predicted octanol–water partition coefficient (Wildman–Crippen LogP) is 3.22. The summed E-state index contributed by atoms with van der Waals surface area (Å²) in [5.74, 6) is 0.893. The Morgan fingerprint density at radius 1 is 1.25 bits per heavy atom. The van der Waals surface area contributed by atoms with E-state index in [0.717, 1.165) is 19.0 Å². The fourth-order valence-electron chi connectivity index (χ4n) is 3.68. The van der Waals surface area contributed by atoms with Crippen molar-refractivity contribution < 1.29 is 0 Å². The van der Waals surface area contributed by atoms with Gasteiger partial charge >= 0.3 is 0 Å². The maximum Gasteiger partial charge on any atom is 0.0568 e. The predicted molar refractivity (Wildman–Crippen MR) is 99.9 cm³/mol. The van der Waals surface area contributed by atoms with Crippen molar-refractivity contribution in [2.45, 2.75) is 32.7 Å². The van der Waals surface area contributed by atoms with Gasteiger partial charge in [0, 0.05) is 25.4 Å². The van der Waals surface area contributed by atoms with E-state index < -0.39 is 0 Å². The summed E-state index contributed by atoms with van der Waals surface area (Å²) in [5.41, 5.74) is 5.28. The molecule has 1 aliphatic heterocycles. The van der Waals surface area contributed by atoms with Gasteiger partial charge in [-0.2, -0.15) is 5.10 Å².